The van der Waals surface area contributed by atoms with Gasteiger partial charge in [-0.3, -0.25) is 4.79 Å². The first-order valence-corrected chi connectivity index (χ1v) is 9.11. The Bertz CT molecular complexity index is 868. The van der Waals surface area contributed by atoms with E-state index in [0.29, 0.717) is 24.7 Å². The van der Waals surface area contributed by atoms with E-state index in [2.05, 4.69) is 0 Å². The Hall–Kier alpha value is -3.08. The van der Waals surface area contributed by atoms with E-state index in [9.17, 15) is 9.59 Å². The number of ketones is 1. The molecule has 0 aliphatic carbocycles. The van der Waals surface area contributed by atoms with Gasteiger partial charge in [0.05, 0.1) is 13.2 Å². The topological polar surface area (TPSA) is 61.8 Å². The summed E-state index contributed by atoms with van der Waals surface area (Å²) in [6.45, 7) is 4.94. The molecule has 0 atom stereocenters. The van der Waals surface area contributed by atoms with Crippen LogP contribution in [0.15, 0.2) is 48.0 Å². The zero-order valence-electron chi connectivity index (χ0n) is 15.5. The Labute approximate surface area is 158 Å². The second-order valence-electron chi connectivity index (χ2n) is 6.18. The second-order valence-corrected chi connectivity index (χ2v) is 6.18. The smallest absolute Gasteiger partial charge is 0.347 e. The number of carbonyl (C=O) groups excluding carboxylic acids is 2. The Morgan fingerprint density at radius 1 is 0.963 bits per heavy atom. The quantitative estimate of drug-likeness (QED) is 0.314. The molecule has 0 unspecified atom stereocenters. The normalized spacial score (nSPS) is 14.7. The molecule has 0 amide bonds. The SMILES string of the molecule is CCCOc1cc(OCCC)c2c(c1)OC(=O)C(=Cc1ccccc1)C2=O. The van der Waals surface area contributed by atoms with Gasteiger partial charge in [-0.05, 0) is 24.5 Å². The molecule has 1 aliphatic rings. The molecule has 2 aromatic rings. The molecule has 0 bridgehead atoms. The lowest BCUT2D eigenvalue weighted by atomic mass is 9.96. The van der Waals surface area contributed by atoms with Crippen LogP contribution in [0.2, 0.25) is 0 Å². The summed E-state index contributed by atoms with van der Waals surface area (Å²) in [5.74, 6) is -0.0201. The van der Waals surface area contributed by atoms with Crippen LogP contribution in [0.5, 0.6) is 17.2 Å². The highest BCUT2D eigenvalue weighted by Gasteiger charge is 2.34. The van der Waals surface area contributed by atoms with Crippen LogP contribution in [0.25, 0.3) is 6.08 Å². The Morgan fingerprint density at radius 3 is 2.37 bits per heavy atom. The Balaban J connectivity index is 2.04. The van der Waals surface area contributed by atoms with E-state index in [1.807, 2.05) is 44.2 Å². The number of hydrogen-bond acceptors (Lipinski definition) is 5. The molecule has 5 heteroatoms. The van der Waals surface area contributed by atoms with Crippen LogP contribution in [0, 0.1) is 0 Å². The summed E-state index contributed by atoms with van der Waals surface area (Å²) in [5, 5.41) is 0. The van der Waals surface area contributed by atoms with E-state index in [0.717, 1.165) is 18.4 Å². The van der Waals surface area contributed by atoms with E-state index in [4.69, 9.17) is 14.2 Å². The van der Waals surface area contributed by atoms with Crippen molar-refractivity contribution < 1.29 is 23.8 Å². The number of hydrogen-bond donors (Lipinski definition) is 0. The maximum Gasteiger partial charge on any atom is 0.347 e. The van der Waals surface area contributed by atoms with Crippen molar-refractivity contribution in [2.75, 3.05) is 13.2 Å². The van der Waals surface area contributed by atoms with E-state index < -0.39 is 11.8 Å². The largest absolute Gasteiger partial charge is 0.493 e. The minimum Gasteiger partial charge on any atom is -0.493 e. The number of fused-ring (bicyclic) bond motifs is 1. The van der Waals surface area contributed by atoms with Crippen LogP contribution >= 0.6 is 0 Å². The van der Waals surface area contributed by atoms with E-state index >= 15 is 0 Å². The van der Waals surface area contributed by atoms with Crippen LogP contribution < -0.4 is 14.2 Å². The Kier molecular flexibility index (Phi) is 5.91. The fraction of sp³-hybridized carbons (Fsp3) is 0.273. The van der Waals surface area contributed by atoms with Gasteiger partial charge >= 0.3 is 5.97 Å². The Morgan fingerprint density at radius 2 is 1.67 bits per heavy atom. The summed E-state index contributed by atoms with van der Waals surface area (Å²) in [4.78, 5) is 25.5. The molecular weight excluding hydrogens is 344 g/mol. The van der Waals surface area contributed by atoms with Gasteiger partial charge in [0.1, 0.15) is 28.4 Å². The summed E-state index contributed by atoms with van der Waals surface area (Å²) < 4.78 is 16.8. The van der Waals surface area contributed by atoms with Gasteiger partial charge in [-0.2, -0.15) is 0 Å². The van der Waals surface area contributed by atoms with Gasteiger partial charge in [-0.25, -0.2) is 4.79 Å². The zero-order valence-corrected chi connectivity index (χ0v) is 15.5. The minimum atomic E-state index is -0.676. The van der Waals surface area contributed by atoms with Gasteiger partial charge in [-0.1, -0.05) is 44.2 Å². The third-order valence-electron chi connectivity index (χ3n) is 3.98. The van der Waals surface area contributed by atoms with Crippen molar-refractivity contribution in [2.24, 2.45) is 0 Å². The predicted octanol–water partition coefficient (Wildman–Crippen LogP) is 4.45. The van der Waals surface area contributed by atoms with Crippen LogP contribution in [-0.2, 0) is 4.79 Å². The molecule has 0 saturated carbocycles. The fourth-order valence-electron chi connectivity index (χ4n) is 2.72. The van der Waals surface area contributed by atoms with Gasteiger partial charge in [0, 0.05) is 12.1 Å². The van der Waals surface area contributed by atoms with Crippen molar-refractivity contribution in [3.8, 4) is 17.2 Å². The molecule has 0 fully saturated rings. The monoisotopic (exact) mass is 366 g/mol. The first-order chi connectivity index (χ1) is 13.1. The van der Waals surface area contributed by atoms with Gasteiger partial charge in [0.25, 0.3) is 0 Å². The fourth-order valence-corrected chi connectivity index (χ4v) is 2.72. The molecule has 1 aliphatic heterocycles. The summed E-state index contributed by atoms with van der Waals surface area (Å²) in [7, 11) is 0. The standard InChI is InChI=1S/C22H22O5/c1-3-10-25-16-13-18(26-11-4-2)20-19(14-16)27-22(24)17(21(20)23)12-15-8-6-5-7-9-15/h5-9,12-14H,3-4,10-11H2,1-2H3. The molecule has 1 heterocycles. The number of carbonyl (C=O) groups is 2. The van der Waals surface area contributed by atoms with Crippen molar-refractivity contribution in [3.63, 3.8) is 0 Å². The molecule has 0 aromatic heterocycles. The molecule has 0 saturated heterocycles. The second kappa shape index (κ2) is 8.54. The third-order valence-corrected chi connectivity index (χ3v) is 3.98. The average Bonchev–Trinajstić information content (AvgIpc) is 2.68. The highest BCUT2D eigenvalue weighted by molar-refractivity contribution is 6.31. The molecule has 0 radical (unpaired) electrons. The third kappa shape index (κ3) is 4.19. The number of benzene rings is 2. The highest BCUT2D eigenvalue weighted by atomic mass is 16.5. The highest BCUT2D eigenvalue weighted by Crippen LogP contribution is 2.39. The lowest BCUT2D eigenvalue weighted by Crippen LogP contribution is -2.26. The summed E-state index contributed by atoms with van der Waals surface area (Å²) in [6.07, 6.45) is 3.17. The van der Waals surface area contributed by atoms with Crippen LogP contribution in [0.4, 0.5) is 0 Å². The molecule has 5 nitrogen and oxygen atoms in total. The van der Waals surface area contributed by atoms with Gasteiger partial charge in [0.15, 0.2) is 0 Å². The maximum atomic E-state index is 13.1. The van der Waals surface area contributed by atoms with E-state index in [-0.39, 0.29) is 16.9 Å². The number of Topliss-reactive ketones (excluding diaryl/α,β-unsaturated/α-hetero) is 1. The molecule has 27 heavy (non-hydrogen) atoms. The van der Waals surface area contributed by atoms with Crippen molar-refractivity contribution >= 4 is 17.8 Å². The maximum absolute atomic E-state index is 13.1. The lowest BCUT2D eigenvalue weighted by molar-refractivity contribution is -0.130. The molecule has 0 spiro atoms. The zero-order chi connectivity index (χ0) is 19.2. The van der Waals surface area contributed by atoms with Crippen molar-refractivity contribution in [3.05, 3.63) is 59.2 Å². The predicted molar refractivity (Wildman–Crippen MR) is 102 cm³/mol. The van der Waals surface area contributed by atoms with Crippen molar-refractivity contribution in [1.29, 1.82) is 0 Å². The molecule has 0 N–H and O–H groups in total. The van der Waals surface area contributed by atoms with Crippen LogP contribution in [-0.4, -0.2) is 25.0 Å². The van der Waals surface area contributed by atoms with Crippen molar-refractivity contribution in [1.82, 2.24) is 0 Å². The van der Waals surface area contributed by atoms with Crippen molar-refractivity contribution in [2.45, 2.75) is 26.7 Å². The van der Waals surface area contributed by atoms with Gasteiger partial charge in [0.2, 0.25) is 5.78 Å². The average molecular weight is 366 g/mol. The minimum absolute atomic E-state index is 0.0164. The number of ether oxygens (including phenoxy) is 3. The number of esters is 1. The van der Waals surface area contributed by atoms with Gasteiger partial charge < -0.3 is 14.2 Å². The molecular formula is C22H22O5. The first kappa shape index (κ1) is 18.7. The lowest BCUT2D eigenvalue weighted by Gasteiger charge is -2.21. The summed E-state index contributed by atoms with van der Waals surface area (Å²) >= 11 is 0. The van der Waals surface area contributed by atoms with Crippen LogP contribution in [0.1, 0.15) is 42.6 Å². The van der Waals surface area contributed by atoms with E-state index in [1.165, 1.54) is 0 Å². The van der Waals surface area contributed by atoms with Crippen LogP contribution in [0.3, 0.4) is 0 Å². The molecule has 2 aromatic carbocycles. The molecule has 140 valence electrons. The first-order valence-electron chi connectivity index (χ1n) is 9.11. The van der Waals surface area contributed by atoms with E-state index in [1.54, 1.807) is 18.2 Å². The molecule has 3 rings (SSSR count). The summed E-state index contributed by atoms with van der Waals surface area (Å²) in [5.41, 5.74) is 0.992. The summed E-state index contributed by atoms with van der Waals surface area (Å²) in [6, 6.07) is 12.4. The number of rotatable bonds is 7. The van der Waals surface area contributed by atoms with Gasteiger partial charge in [-0.15, -0.1) is 0 Å².